The molecule has 1 aliphatic rings. The highest BCUT2D eigenvalue weighted by atomic mass is 32.2. The van der Waals surface area contributed by atoms with Crippen LogP contribution in [0, 0.1) is 0 Å². The summed E-state index contributed by atoms with van der Waals surface area (Å²) in [5.74, 6) is 0.983. The standard InChI is InChI=1S/C18H25N5O2S2/c1-4-22-9-11-23(12-10-22)16(24)13(2)26-18-21-20-17(27-18)19-14-5-7-15(25-3)8-6-14/h5-8,13H,4,9-12H2,1-3H3,(H,19,20)/t13-/m0/s1. The van der Waals surface area contributed by atoms with Crippen LogP contribution < -0.4 is 10.1 Å². The first-order valence-electron chi connectivity index (χ1n) is 9.01. The van der Waals surface area contributed by atoms with Crippen molar-refractivity contribution < 1.29 is 9.53 Å². The Bertz CT molecular complexity index is 744. The average molecular weight is 408 g/mol. The van der Waals surface area contributed by atoms with Crippen molar-refractivity contribution in [2.24, 2.45) is 0 Å². The molecule has 1 aliphatic heterocycles. The molecular weight excluding hydrogens is 382 g/mol. The molecule has 1 aromatic carbocycles. The molecule has 1 fully saturated rings. The fraction of sp³-hybridized carbons (Fsp3) is 0.500. The van der Waals surface area contributed by atoms with Gasteiger partial charge in [0, 0.05) is 31.9 Å². The number of carbonyl (C=O) groups is 1. The first-order chi connectivity index (χ1) is 13.1. The summed E-state index contributed by atoms with van der Waals surface area (Å²) in [6, 6.07) is 7.63. The van der Waals surface area contributed by atoms with Crippen LogP contribution in [0.25, 0.3) is 0 Å². The summed E-state index contributed by atoms with van der Waals surface area (Å²) in [7, 11) is 1.64. The number of thioether (sulfide) groups is 1. The maximum absolute atomic E-state index is 12.7. The van der Waals surface area contributed by atoms with Crippen LogP contribution in [0.3, 0.4) is 0 Å². The molecule has 3 rings (SSSR count). The Morgan fingerprint density at radius 2 is 1.96 bits per heavy atom. The predicted octanol–water partition coefficient (Wildman–Crippen LogP) is 2.94. The van der Waals surface area contributed by atoms with Crippen molar-refractivity contribution in [3.8, 4) is 5.75 Å². The second-order valence-electron chi connectivity index (χ2n) is 6.25. The van der Waals surface area contributed by atoms with Crippen LogP contribution >= 0.6 is 23.1 Å². The van der Waals surface area contributed by atoms with Crippen LogP contribution in [0.15, 0.2) is 28.6 Å². The highest BCUT2D eigenvalue weighted by Crippen LogP contribution is 2.31. The minimum atomic E-state index is -0.167. The first-order valence-corrected chi connectivity index (χ1v) is 10.7. The number of rotatable bonds is 7. The van der Waals surface area contributed by atoms with Gasteiger partial charge >= 0.3 is 0 Å². The summed E-state index contributed by atoms with van der Waals surface area (Å²) in [6.07, 6.45) is 0. The van der Waals surface area contributed by atoms with Gasteiger partial charge in [0.25, 0.3) is 0 Å². The van der Waals surface area contributed by atoms with Crippen LogP contribution in [0.5, 0.6) is 5.75 Å². The summed E-state index contributed by atoms with van der Waals surface area (Å²) in [5, 5.41) is 12.1. The van der Waals surface area contributed by atoms with Gasteiger partial charge in [-0.15, -0.1) is 10.2 Å². The zero-order chi connectivity index (χ0) is 19.2. The van der Waals surface area contributed by atoms with Crippen LogP contribution in [-0.2, 0) is 4.79 Å². The number of hydrogen-bond donors (Lipinski definition) is 1. The third-order valence-corrected chi connectivity index (χ3v) is 6.51. The Hall–Kier alpha value is -1.84. The van der Waals surface area contributed by atoms with Crippen molar-refractivity contribution >= 4 is 39.8 Å². The number of likely N-dealkylation sites (N-methyl/N-ethyl adjacent to an activating group) is 1. The van der Waals surface area contributed by atoms with Gasteiger partial charge in [-0.25, -0.2) is 0 Å². The third-order valence-electron chi connectivity index (χ3n) is 4.50. The fourth-order valence-electron chi connectivity index (χ4n) is 2.85. The number of hydrogen-bond acceptors (Lipinski definition) is 8. The van der Waals surface area contributed by atoms with Gasteiger partial charge in [-0.2, -0.15) is 0 Å². The second kappa shape index (κ2) is 9.38. The lowest BCUT2D eigenvalue weighted by Crippen LogP contribution is -2.50. The van der Waals surface area contributed by atoms with E-state index in [0.29, 0.717) is 5.13 Å². The molecule has 0 bridgehead atoms. The van der Waals surface area contributed by atoms with Crippen molar-refractivity contribution in [1.29, 1.82) is 0 Å². The Morgan fingerprint density at radius 1 is 1.26 bits per heavy atom. The van der Waals surface area contributed by atoms with E-state index in [9.17, 15) is 4.79 Å². The molecular formula is C18H25N5O2S2. The maximum Gasteiger partial charge on any atom is 0.235 e. The minimum Gasteiger partial charge on any atom is -0.497 e. The van der Waals surface area contributed by atoms with Crippen LogP contribution in [-0.4, -0.2) is 71.0 Å². The average Bonchev–Trinajstić information content (AvgIpc) is 3.14. The largest absolute Gasteiger partial charge is 0.497 e. The van der Waals surface area contributed by atoms with Gasteiger partial charge in [-0.1, -0.05) is 30.0 Å². The van der Waals surface area contributed by atoms with Gasteiger partial charge in [0.2, 0.25) is 11.0 Å². The SMILES string of the molecule is CCN1CCN(C(=O)[C@H](C)Sc2nnc(Nc3ccc(OC)cc3)s2)CC1. The highest BCUT2D eigenvalue weighted by molar-refractivity contribution is 8.02. The molecule has 9 heteroatoms. The molecule has 7 nitrogen and oxygen atoms in total. The summed E-state index contributed by atoms with van der Waals surface area (Å²) >= 11 is 2.92. The molecule has 1 saturated heterocycles. The Labute approximate surface area is 168 Å². The molecule has 146 valence electrons. The van der Waals surface area contributed by atoms with Crippen LogP contribution in [0.2, 0.25) is 0 Å². The lowest BCUT2D eigenvalue weighted by Gasteiger charge is -2.35. The zero-order valence-electron chi connectivity index (χ0n) is 15.8. The number of methoxy groups -OCH3 is 1. The second-order valence-corrected chi connectivity index (χ2v) is 8.81. The molecule has 27 heavy (non-hydrogen) atoms. The van der Waals surface area contributed by atoms with Gasteiger partial charge in [-0.3, -0.25) is 4.79 Å². The number of piperazine rings is 1. The van der Waals surface area contributed by atoms with Crippen molar-refractivity contribution in [3.05, 3.63) is 24.3 Å². The van der Waals surface area contributed by atoms with Crippen molar-refractivity contribution in [2.75, 3.05) is 45.2 Å². The van der Waals surface area contributed by atoms with Crippen LogP contribution in [0.4, 0.5) is 10.8 Å². The highest BCUT2D eigenvalue weighted by Gasteiger charge is 2.25. The molecule has 1 aromatic heterocycles. The molecule has 1 atom stereocenters. The molecule has 0 spiro atoms. The topological polar surface area (TPSA) is 70.6 Å². The lowest BCUT2D eigenvalue weighted by atomic mass is 10.3. The van der Waals surface area contributed by atoms with E-state index in [1.165, 1.54) is 23.1 Å². The number of ether oxygens (including phenoxy) is 1. The minimum absolute atomic E-state index is 0.167. The van der Waals surface area contributed by atoms with E-state index in [-0.39, 0.29) is 11.2 Å². The third kappa shape index (κ3) is 5.33. The van der Waals surface area contributed by atoms with E-state index >= 15 is 0 Å². The normalized spacial score (nSPS) is 16.2. The van der Waals surface area contributed by atoms with E-state index in [4.69, 9.17) is 4.74 Å². The number of amides is 1. The number of nitrogens with zero attached hydrogens (tertiary/aromatic N) is 4. The van der Waals surface area contributed by atoms with Gasteiger partial charge < -0.3 is 19.9 Å². The first kappa shape index (κ1) is 19.9. The molecule has 1 amide bonds. The molecule has 2 heterocycles. The molecule has 1 N–H and O–H groups in total. The summed E-state index contributed by atoms with van der Waals surface area (Å²) in [5.41, 5.74) is 0.918. The zero-order valence-corrected chi connectivity index (χ0v) is 17.5. The molecule has 0 saturated carbocycles. The van der Waals surface area contributed by atoms with Gasteiger partial charge in [-0.05, 0) is 37.7 Å². The Balaban J connectivity index is 1.52. The van der Waals surface area contributed by atoms with Crippen molar-refractivity contribution in [1.82, 2.24) is 20.0 Å². The van der Waals surface area contributed by atoms with E-state index in [1.807, 2.05) is 36.1 Å². The summed E-state index contributed by atoms with van der Waals surface area (Å²) in [6.45, 7) is 8.65. The molecule has 0 unspecified atom stereocenters. The lowest BCUT2D eigenvalue weighted by molar-refractivity contribution is -0.132. The predicted molar refractivity (Wildman–Crippen MR) is 110 cm³/mol. The number of anilines is 2. The number of aromatic nitrogens is 2. The van der Waals surface area contributed by atoms with E-state index in [0.717, 1.165) is 48.5 Å². The van der Waals surface area contributed by atoms with Crippen molar-refractivity contribution in [3.63, 3.8) is 0 Å². The van der Waals surface area contributed by atoms with E-state index < -0.39 is 0 Å². The quantitative estimate of drug-likeness (QED) is 0.708. The number of nitrogens with one attached hydrogen (secondary N) is 1. The van der Waals surface area contributed by atoms with Crippen LogP contribution in [0.1, 0.15) is 13.8 Å². The maximum atomic E-state index is 12.7. The summed E-state index contributed by atoms with van der Waals surface area (Å²) in [4.78, 5) is 17.0. The smallest absolute Gasteiger partial charge is 0.235 e. The molecule has 0 radical (unpaired) electrons. The van der Waals surface area contributed by atoms with E-state index in [1.54, 1.807) is 7.11 Å². The Morgan fingerprint density at radius 3 is 2.59 bits per heavy atom. The van der Waals surface area contributed by atoms with Crippen molar-refractivity contribution in [2.45, 2.75) is 23.4 Å². The monoisotopic (exact) mass is 407 g/mol. The van der Waals surface area contributed by atoms with Gasteiger partial charge in [0.05, 0.1) is 12.4 Å². The molecule has 0 aliphatic carbocycles. The fourth-order valence-corrected chi connectivity index (χ4v) is 4.85. The summed E-state index contributed by atoms with van der Waals surface area (Å²) < 4.78 is 5.95. The van der Waals surface area contributed by atoms with Gasteiger partial charge in [0.15, 0.2) is 4.34 Å². The van der Waals surface area contributed by atoms with Gasteiger partial charge in [0.1, 0.15) is 5.75 Å². The number of carbonyl (C=O) groups excluding carboxylic acids is 1. The Kier molecular flexibility index (Phi) is 6.92. The van der Waals surface area contributed by atoms with E-state index in [2.05, 4.69) is 27.3 Å². The molecule has 2 aromatic rings. The number of benzene rings is 1.